The molecule has 1 N–H and O–H groups in total. The molecular weight excluding hydrogens is 257 g/mol. The van der Waals surface area contributed by atoms with Gasteiger partial charge >= 0.3 is 0 Å². The lowest BCUT2D eigenvalue weighted by Gasteiger charge is -2.52. The van der Waals surface area contributed by atoms with Crippen molar-refractivity contribution in [2.75, 3.05) is 44.6 Å². The second-order valence-corrected chi connectivity index (χ2v) is 5.90. The van der Waals surface area contributed by atoms with E-state index in [9.17, 15) is 9.18 Å². The molecule has 4 nitrogen and oxygen atoms in total. The molecule has 0 unspecified atom stereocenters. The molecule has 5 heteroatoms. The van der Waals surface area contributed by atoms with Gasteiger partial charge in [-0.1, -0.05) is 0 Å². The number of benzene rings is 1. The largest absolute Gasteiger partial charge is 0.321 e. The van der Waals surface area contributed by atoms with Crippen LogP contribution in [0.25, 0.3) is 0 Å². The van der Waals surface area contributed by atoms with Crippen LogP contribution in [0.4, 0.5) is 10.1 Å². The van der Waals surface area contributed by atoms with E-state index in [2.05, 4.69) is 10.2 Å². The summed E-state index contributed by atoms with van der Waals surface area (Å²) >= 11 is 0. The summed E-state index contributed by atoms with van der Waals surface area (Å²) in [5.74, 6) is -0.253. The van der Waals surface area contributed by atoms with Crippen LogP contribution in [0.1, 0.15) is 6.92 Å². The zero-order valence-electron chi connectivity index (χ0n) is 11.8. The first-order chi connectivity index (χ1) is 9.59. The number of nitrogens with zero attached hydrogens (tertiary/aromatic N) is 2. The van der Waals surface area contributed by atoms with E-state index in [-0.39, 0.29) is 17.8 Å². The number of amides is 1. The molecular formula is C15H21FN3O+. The van der Waals surface area contributed by atoms with Gasteiger partial charge in [0.05, 0.1) is 19.6 Å². The number of hydrogen-bond acceptors (Lipinski definition) is 2. The Labute approximate surface area is 118 Å². The first kappa shape index (κ1) is 13.5. The van der Waals surface area contributed by atoms with Crippen molar-refractivity contribution in [2.45, 2.75) is 13.0 Å². The van der Waals surface area contributed by atoms with Crippen molar-refractivity contribution in [3.63, 3.8) is 0 Å². The highest BCUT2D eigenvalue weighted by molar-refractivity contribution is 5.93. The van der Waals surface area contributed by atoms with Gasteiger partial charge in [-0.3, -0.25) is 9.69 Å². The van der Waals surface area contributed by atoms with Crippen LogP contribution in [0.15, 0.2) is 24.3 Å². The summed E-state index contributed by atoms with van der Waals surface area (Å²) in [5.41, 5.74) is 0.664. The third kappa shape index (κ3) is 2.43. The first-order valence-electron chi connectivity index (χ1n) is 7.24. The third-order valence-corrected chi connectivity index (χ3v) is 4.90. The number of anilines is 1. The average Bonchev–Trinajstić information content (AvgIpc) is 2.50. The normalized spacial score (nSPS) is 30.0. The Kier molecular flexibility index (Phi) is 3.48. The van der Waals surface area contributed by atoms with E-state index in [4.69, 9.17) is 0 Å². The van der Waals surface area contributed by atoms with Crippen molar-refractivity contribution in [1.29, 1.82) is 0 Å². The Morgan fingerprint density at radius 2 is 1.75 bits per heavy atom. The number of carbonyl (C=O) groups is 1. The van der Waals surface area contributed by atoms with Crippen molar-refractivity contribution >= 4 is 11.6 Å². The fraction of sp³-hybridized carbons (Fsp3) is 0.533. The van der Waals surface area contributed by atoms with Crippen molar-refractivity contribution in [3.05, 3.63) is 30.1 Å². The second kappa shape index (κ2) is 5.14. The van der Waals surface area contributed by atoms with E-state index in [1.807, 2.05) is 6.92 Å². The van der Waals surface area contributed by atoms with Gasteiger partial charge in [-0.05, 0) is 31.2 Å². The molecule has 1 amide bonds. The minimum atomic E-state index is -0.287. The van der Waals surface area contributed by atoms with Gasteiger partial charge in [-0.2, -0.15) is 0 Å². The van der Waals surface area contributed by atoms with Crippen LogP contribution in [0, 0.1) is 5.82 Å². The van der Waals surface area contributed by atoms with Gasteiger partial charge in [-0.25, -0.2) is 4.39 Å². The van der Waals surface area contributed by atoms with Gasteiger partial charge in [0.25, 0.3) is 5.91 Å². The fourth-order valence-corrected chi connectivity index (χ4v) is 3.30. The highest BCUT2D eigenvalue weighted by Crippen LogP contribution is 2.24. The summed E-state index contributed by atoms with van der Waals surface area (Å²) < 4.78 is 13.8. The van der Waals surface area contributed by atoms with E-state index in [0.717, 1.165) is 43.8 Å². The topological polar surface area (TPSA) is 32.3 Å². The molecule has 3 aliphatic heterocycles. The van der Waals surface area contributed by atoms with Crippen LogP contribution in [-0.2, 0) is 4.79 Å². The van der Waals surface area contributed by atoms with Crippen LogP contribution >= 0.6 is 0 Å². The molecule has 4 rings (SSSR count). The lowest BCUT2D eigenvalue weighted by Crippen LogP contribution is -2.72. The Bertz CT molecular complexity index is 481. The molecule has 2 bridgehead atoms. The summed E-state index contributed by atoms with van der Waals surface area (Å²) in [7, 11) is 0. The Morgan fingerprint density at radius 1 is 1.20 bits per heavy atom. The van der Waals surface area contributed by atoms with E-state index < -0.39 is 0 Å². The summed E-state index contributed by atoms with van der Waals surface area (Å²) in [4.78, 5) is 14.9. The van der Waals surface area contributed by atoms with Crippen LogP contribution in [0.5, 0.6) is 0 Å². The SMILES string of the molecule is C[C@H](C(=O)Nc1ccc(F)cc1)[N+]12CCN(CC1)CC2. The Balaban J connectivity index is 1.68. The number of nitrogens with one attached hydrogen (secondary N) is 1. The summed E-state index contributed by atoms with van der Waals surface area (Å²) in [6.07, 6.45) is 0. The molecule has 0 aromatic heterocycles. The van der Waals surface area contributed by atoms with E-state index in [1.54, 1.807) is 12.1 Å². The second-order valence-electron chi connectivity index (χ2n) is 5.90. The standard InChI is InChI=1S/C15H20FN3O/c1-12(19-9-6-18(7-10-19)8-11-19)15(20)17-14-4-2-13(16)3-5-14/h2-5,12H,6-11H2,1H3/p+1/t12-/m1/s1. The van der Waals surface area contributed by atoms with Crippen LogP contribution in [-0.4, -0.2) is 60.6 Å². The predicted octanol–water partition coefficient (Wildman–Crippen LogP) is 1.30. The van der Waals surface area contributed by atoms with E-state index in [1.165, 1.54) is 12.1 Å². The maximum absolute atomic E-state index is 12.9. The Hall–Kier alpha value is -1.46. The smallest absolute Gasteiger partial charge is 0.282 e. The molecule has 108 valence electrons. The zero-order valence-corrected chi connectivity index (χ0v) is 11.8. The molecule has 0 saturated carbocycles. The van der Waals surface area contributed by atoms with E-state index in [0.29, 0.717) is 5.69 Å². The number of fused-ring (bicyclic) bond motifs is 3. The summed E-state index contributed by atoms with van der Waals surface area (Å²) in [6.45, 7) is 8.45. The maximum Gasteiger partial charge on any atom is 0.282 e. The minimum absolute atomic E-state index is 0.0342. The maximum atomic E-state index is 12.9. The third-order valence-electron chi connectivity index (χ3n) is 4.90. The number of rotatable bonds is 3. The fourth-order valence-electron chi connectivity index (χ4n) is 3.30. The van der Waals surface area contributed by atoms with Gasteiger partial charge in [0, 0.05) is 25.3 Å². The van der Waals surface area contributed by atoms with Crippen LogP contribution < -0.4 is 5.32 Å². The van der Waals surface area contributed by atoms with E-state index >= 15 is 0 Å². The number of hydrogen-bond donors (Lipinski definition) is 1. The molecule has 0 spiro atoms. The molecule has 0 aliphatic carbocycles. The quantitative estimate of drug-likeness (QED) is 0.845. The van der Waals surface area contributed by atoms with Crippen molar-refractivity contribution < 1.29 is 13.7 Å². The highest BCUT2D eigenvalue weighted by Gasteiger charge is 2.45. The number of piperazine rings is 3. The summed E-state index contributed by atoms with van der Waals surface area (Å²) in [6, 6.07) is 5.89. The lowest BCUT2D eigenvalue weighted by molar-refractivity contribution is -0.953. The number of carbonyl (C=O) groups excluding carboxylic acids is 1. The van der Waals surface area contributed by atoms with Crippen LogP contribution in [0.2, 0.25) is 0 Å². The van der Waals surface area contributed by atoms with Gasteiger partial charge in [-0.15, -0.1) is 0 Å². The van der Waals surface area contributed by atoms with Crippen LogP contribution in [0.3, 0.4) is 0 Å². The lowest BCUT2D eigenvalue weighted by atomic mass is 10.1. The highest BCUT2D eigenvalue weighted by atomic mass is 19.1. The molecule has 3 saturated heterocycles. The van der Waals surface area contributed by atoms with Gasteiger partial charge in [0.2, 0.25) is 0 Å². The molecule has 1 aromatic rings. The van der Waals surface area contributed by atoms with Gasteiger partial charge < -0.3 is 9.80 Å². The summed E-state index contributed by atoms with van der Waals surface area (Å²) in [5, 5.41) is 2.91. The minimum Gasteiger partial charge on any atom is -0.321 e. The van der Waals surface area contributed by atoms with Gasteiger partial charge in [0.15, 0.2) is 6.04 Å². The molecule has 1 aromatic carbocycles. The monoisotopic (exact) mass is 278 g/mol. The first-order valence-corrected chi connectivity index (χ1v) is 7.24. The molecule has 0 radical (unpaired) electrons. The Morgan fingerprint density at radius 3 is 2.30 bits per heavy atom. The number of halogens is 1. The van der Waals surface area contributed by atoms with Gasteiger partial charge in [0.1, 0.15) is 5.82 Å². The zero-order chi connectivity index (χ0) is 14.2. The molecule has 3 fully saturated rings. The van der Waals surface area contributed by atoms with Crippen molar-refractivity contribution in [2.24, 2.45) is 0 Å². The molecule has 1 atom stereocenters. The van der Waals surface area contributed by atoms with Crippen molar-refractivity contribution in [1.82, 2.24) is 4.90 Å². The average molecular weight is 278 g/mol. The van der Waals surface area contributed by atoms with Crippen molar-refractivity contribution in [3.8, 4) is 0 Å². The number of quaternary nitrogens is 1. The molecule has 20 heavy (non-hydrogen) atoms. The molecule has 3 aliphatic rings. The molecule has 3 heterocycles. The predicted molar refractivity (Wildman–Crippen MR) is 75.8 cm³/mol.